The lowest BCUT2D eigenvalue weighted by molar-refractivity contribution is -0.143. The molecule has 2 aromatic carbocycles. The van der Waals surface area contributed by atoms with E-state index in [-0.39, 0.29) is 23.7 Å². The number of aromatic nitrogens is 2. The normalized spacial score (nSPS) is 11.6. The minimum atomic E-state index is -4.80. The number of hydrogen-bond donors (Lipinski definition) is 1. The molecule has 13 heteroatoms. The molecule has 1 N–H and O–H groups in total. The largest absolute Gasteiger partial charge is 0.661 e. The van der Waals surface area contributed by atoms with E-state index in [9.17, 15) is 31.1 Å². The Morgan fingerprint density at radius 2 is 1.63 bits per heavy atom. The minimum absolute atomic E-state index is 0.0425. The van der Waals surface area contributed by atoms with Gasteiger partial charge in [-0.1, -0.05) is 47.1 Å². The van der Waals surface area contributed by atoms with Gasteiger partial charge in [0.15, 0.2) is 5.16 Å². The van der Waals surface area contributed by atoms with Gasteiger partial charge in [-0.3, -0.25) is 0 Å². The summed E-state index contributed by atoms with van der Waals surface area (Å²) in [5.41, 5.74) is -1.77. The molecule has 3 aromatic rings. The van der Waals surface area contributed by atoms with Gasteiger partial charge in [0.25, 0.3) is 0 Å². The number of hydrogen-bond acceptors (Lipinski definition) is 4. The topological polar surface area (TPSA) is 77.2 Å². The Bertz CT molecular complexity index is 1160. The molecule has 0 fully saturated rings. The van der Waals surface area contributed by atoms with Crippen molar-refractivity contribution in [3.63, 3.8) is 0 Å². The molecule has 188 valence electrons. The third-order valence-corrected chi connectivity index (χ3v) is 5.19. The van der Waals surface area contributed by atoms with Gasteiger partial charge in [0, 0.05) is 16.8 Å². The molecular formula is C22H17ClF6N3O2S-. The first-order valence-corrected chi connectivity index (χ1v) is 11.1. The smallest absolute Gasteiger partial charge is 0.416 e. The van der Waals surface area contributed by atoms with E-state index in [4.69, 9.17) is 16.7 Å². The molecule has 0 bridgehead atoms. The van der Waals surface area contributed by atoms with E-state index in [0.717, 1.165) is 0 Å². The van der Waals surface area contributed by atoms with Gasteiger partial charge in [-0.25, -0.2) is 14.8 Å². The molecule has 1 aromatic heterocycles. The van der Waals surface area contributed by atoms with Crippen molar-refractivity contribution in [2.75, 3.05) is 13.3 Å². The van der Waals surface area contributed by atoms with E-state index < -0.39 is 29.4 Å². The van der Waals surface area contributed by atoms with Crippen molar-refractivity contribution >= 4 is 29.3 Å². The third kappa shape index (κ3) is 7.84. The molecule has 0 radical (unpaired) electrons. The van der Waals surface area contributed by atoms with Crippen LogP contribution in [0.4, 0.5) is 26.3 Å². The van der Waals surface area contributed by atoms with Crippen molar-refractivity contribution < 1.29 is 36.2 Å². The second-order valence-electron chi connectivity index (χ2n) is 6.79. The summed E-state index contributed by atoms with van der Waals surface area (Å²) in [6, 6.07) is 8.44. The predicted octanol–water partition coefficient (Wildman–Crippen LogP) is 7.44. The Labute approximate surface area is 205 Å². The Kier molecular flexibility index (Phi) is 9.52. The first-order chi connectivity index (χ1) is 16.3. The number of benzene rings is 2. The van der Waals surface area contributed by atoms with E-state index in [1.807, 2.05) is 6.26 Å². The Morgan fingerprint density at radius 3 is 2.09 bits per heavy atom. The maximum absolute atomic E-state index is 12.4. The average Bonchev–Trinajstić information content (AvgIpc) is 2.78. The molecule has 3 rings (SSSR count). The number of thioether (sulfide) groups is 1. The average molecular weight is 537 g/mol. The summed E-state index contributed by atoms with van der Waals surface area (Å²) in [6.07, 6.45) is -6.47. The van der Waals surface area contributed by atoms with Gasteiger partial charge in [0.2, 0.25) is 0 Å². The second kappa shape index (κ2) is 11.7. The second-order valence-corrected chi connectivity index (χ2v) is 7.97. The Hall–Kier alpha value is -2.83. The number of rotatable bonds is 5. The van der Waals surface area contributed by atoms with E-state index in [1.165, 1.54) is 25.0 Å². The Balaban J connectivity index is 0.000000247. The van der Waals surface area contributed by atoms with Crippen molar-refractivity contribution in [1.82, 2.24) is 9.97 Å². The molecule has 0 amide bonds. The highest BCUT2D eigenvalue weighted by molar-refractivity contribution is 7.98. The van der Waals surface area contributed by atoms with Crippen LogP contribution in [0.25, 0.3) is 16.6 Å². The molecular weight excluding hydrogens is 520 g/mol. The maximum atomic E-state index is 12.4. The fourth-order valence-corrected chi connectivity index (χ4v) is 3.34. The number of carboxylic acids is 1. The third-order valence-electron chi connectivity index (χ3n) is 4.30. The van der Waals surface area contributed by atoms with E-state index in [0.29, 0.717) is 33.6 Å². The van der Waals surface area contributed by atoms with Gasteiger partial charge < -0.3 is 10.4 Å². The van der Waals surface area contributed by atoms with Crippen LogP contribution in [0, 0.1) is 0 Å². The molecule has 0 aliphatic carbocycles. The van der Waals surface area contributed by atoms with Gasteiger partial charge in [0.05, 0.1) is 16.8 Å². The number of alkyl halides is 6. The van der Waals surface area contributed by atoms with Crippen LogP contribution in [0.1, 0.15) is 27.0 Å². The summed E-state index contributed by atoms with van der Waals surface area (Å²) in [4.78, 5) is 19.4. The number of halogens is 7. The fourth-order valence-electron chi connectivity index (χ4n) is 2.77. The lowest BCUT2D eigenvalue weighted by Crippen LogP contribution is -2.11. The number of carboxylic acid groups (broad SMARTS) is 1. The molecule has 35 heavy (non-hydrogen) atoms. The first-order valence-electron chi connectivity index (χ1n) is 9.51. The van der Waals surface area contributed by atoms with Crippen LogP contribution < -0.4 is 0 Å². The van der Waals surface area contributed by atoms with Crippen LogP contribution in [-0.2, 0) is 18.9 Å². The van der Waals surface area contributed by atoms with Crippen LogP contribution in [0.3, 0.4) is 0 Å². The van der Waals surface area contributed by atoms with Crippen LogP contribution in [0.5, 0.6) is 0 Å². The van der Waals surface area contributed by atoms with Crippen molar-refractivity contribution in [2.24, 2.45) is 0 Å². The Morgan fingerprint density at radius 1 is 1.06 bits per heavy atom. The molecule has 0 saturated carbocycles. The standard InChI is InChI=1S/C12H9ClN2O2S.C10H8F6N/c1-18-12-14-6-8(11(16)17)10(15-12)7-4-2-3-5-9(7)13;1-17-5-6-2-7(9(11,12)13)4-8(3-6)10(14,15)16/h2-6H,1H3,(H,16,17);2-4H,5H2,1H3/q;-1. The first kappa shape index (κ1) is 28.4. The van der Waals surface area contributed by atoms with Crippen LogP contribution in [-0.4, -0.2) is 34.3 Å². The highest BCUT2D eigenvalue weighted by Gasteiger charge is 2.36. The maximum Gasteiger partial charge on any atom is 0.416 e. The molecule has 0 spiro atoms. The molecule has 0 atom stereocenters. The van der Waals surface area contributed by atoms with Gasteiger partial charge in [-0.2, -0.15) is 33.4 Å². The van der Waals surface area contributed by atoms with E-state index in [2.05, 4.69) is 15.3 Å². The van der Waals surface area contributed by atoms with Crippen molar-refractivity contribution in [3.8, 4) is 11.3 Å². The highest BCUT2D eigenvalue weighted by atomic mass is 35.5. The molecule has 0 aliphatic rings. The quantitative estimate of drug-likeness (QED) is 0.208. The van der Waals surface area contributed by atoms with Crippen molar-refractivity contribution in [2.45, 2.75) is 24.1 Å². The molecule has 0 unspecified atom stereocenters. The lowest BCUT2D eigenvalue weighted by Gasteiger charge is -2.17. The summed E-state index contributed by atoms with van der Waals surface area (Å²) in [5, 5.41) is 13.6. The van der Waals surface area contributed by atoms with E-state index in [1.54, 1.807) is 24.3 Å². The SMILES string of the molecule is CSc1ncc(C(=O)O)c(-c2ccccc2Cl)n1.C[N-]Cc1cc(C(F)(F)F)cc(C(F)(F)F)c1. The summed E-state index contributed by atoms with van der Waals surface area (Å²) in [7, 11) is 1.31. The van der Waals surface area contributed by atoms with Gasteiger partial charge >= 0.3 is 18.3 Å². The van der Waals surface area contributed by atoms with Gasteiger partial charge in [0.1, 0.15) is 5.56 Å². The summed E-state index contributed by atoms with van der Waals surface area (Å²) < 4.78 is 74.3. The minimum Gasteiger partial charge on any atom is -0.661 e. The van der Waals surface area contributed by atoms with E-state index >= 15 is 0 Å². The summed E-state index contributed by atoms with van der Waals surface area (Å²) >= 11 is 7.42. The van der Waals surface area contributed by atoms with Gasteiger partial charge in [-0.05, 0) is 30.5 Å². The predicted molar refractivity (Wildman–Crippen MR) is 121 cm³/mol. The zero-order valence-electron chi connectivity index (χ0n) is 18.1. The zero-order chi connectivity index (χ0) is 26.4. The molecule has 1 heterocycles. The summed E-state index contributed by atoms with van der Waals surface area (Å²) in [5.74, 6) is -1.07. The monoisotopic (exact) mass is 536 g/mol. The molecule has 0 aliphatic heterocycles. The lowest BCUT2D eigenvalue weighted by atomic mass is 10.0. The van der Waals surface area contributed by atoms with Crippen LogP contribution in [0.2, 0.25) is 5.02 Å². The number of carbonyl (C=O) groups is 1. The molecule has 5 nitrogen and oxygen atoms in total. The molecule has 0 saturated heterocycles. The van der Waals surface area contributed by atoms with Crippen molar-refractivity contribution in [1.29, 1.82) is 0 Å². The zero-order valence-corrected chi connectivity index (χ0v) is 19.6. The highest BCUT2D eigenvalue weighted by Crippen LogP contribution is 2.36. The fraction of sp³-hybridized carbons (Fsp3) is 0.227. The van der Waals surface area contributed by atoms with Gasteiger partial charge in [-0.15, -0.1) is 6.54 Å². The van der Waals surface area contributed by atoms with Crippen LogP contribution in [0.15, 0.2) is 53.8 Å². The number of aromatic carboxylic acids is 1. The number of nitrogens with zero attached hydrogens (tertiary/aromatic N) is 3. The van der Waals surface area contributed by atoms with Crippen molar-refractivity contribution in [3.05, 3.63) is 81.3 Å². The summed E-state index contributed by atoms with van der Waals surface area (Å²) in [6.45, 7) is -0.188. The van der Waals surface area contributed by atoms with Crippen LogP contribution >= 0.6 is 23.4 Å².